The van der Waals surface area contributed by atoms with Crippen LogP contribution >= 0.6 is 0 Å². The summed E-state index contributed by atoms with van der Waals surface area (Å²) in [6.45, 7) is 3.53. The normalized spacial score (nSPS) is 15.1. The van der Waals surface area contributed by atoms with E-state index >= 15 is 0 Å². The summed E-state index contributed by atoms with van der Waals surface area (Å²) in [6.07, 6.45) is -2.13. The Kier molecular flexibility index (Phi) is 3.92. The zero-order chi connectivity index (χ0) is 14.0. The highest BCUT2D eigenvalue weighted by molar-refractivity contribution is 5.63. The number of alkyl halides is 3. The molecule has 1 aliphatic rings. The number of nitrogens with one attached hydrogen (secondary N) is 1. The Labute approximate surface area is 111 Å². The van der Waals surface area contributed by atoms with Gasteiger partial charge < -0.3 is 10.2 Å². The maximum atomic E-state index is 12.6. The van der Waals surface area contributed by atoms with Crippen LogP contribution in [0.1, 0.15) is 25.8 Å². The van der Waals surface area contributed by atoms with E-state index in [1.54, 1.807) is 19.9 Å². The summed E-state index contributed by atoms with van der Waals surface area (Å²) < 4.78 is 37.9. The number of rotatable bonds is 3. The smallest absolute Gasteiger partial charge is 0.385 e. The highest BCUT2D eigenvalue weighted by Gasteiger charge is 2.32. The van der Waals surface area contributed by atoms with Gasteiger partial charge in [0.2, 0.25) is 0 Å². The van der Waals surface area contributed by atoms with E-state index in [2.05, 4.69) is 5.32 Å². The quantitative estimate of drug-likeness (QED) is 0.899. The van der Waals surface area contributed by atoms with E-state index in [9.17, 15) is 13.2 Å². The van der Waals surface area contributed by atoms with Gasteiger partial charge in [0.25, 0.3) is 0 Å². The second-order valence-electron chi connectivity index (χ2n) is 5.21. The zero-order valence-corrected chi connectivity index (χ0v) is 11.2. The maximum absolute atomic E-state index is 12.6. The molecule has 0 amide bonds. The van der Waals surface area contributed by atoms with E-state index in [1.807, 2.05) is 12.1 Å². The molecule has 2 nitrogen and oxygen atoms in total. The number of aryl methyl sites for hydroxylation is 1. The highest BCUT2D eigenvalue weighted by atomic mass is 19.4. The van der Waals surface area contributed by atoms with Crippen molar-refractivity contribution in [2.45, 2.75) is 38.9 Å². The summed E-state index contributed by atoms with van der Waals surface area (Å²) in [7, 11) is 0. The molecule has 0 fully saturated rings. The molecule has 0 radical (unpaired) electrons. The number of nitrogens with zero attached hydrogens (tertiary/aromatic N) is 1. The van der Waals surface area contributed by atoms with Gasteiger partial charge in [0.15, 0.2) is 0 Å². The lowest BCUT2D eigenvalue weighted by molar-refractivity contribution is -0.120. The lowest BCUT2D eigenvalue weighted by atomic mass is 10.0. The third-order valence-corrected chi connectivity index (χ3v) is 3.34. The lowest BCUT2D eigenvalue weighted by Crippen LogP contribution is -2.39. The summed E-state index contributed by atoms with van der Waals surface area (Å²) in [4.78, 5) is 1.39. The summed E-state index contributed by atoms with van der Waals surface area (Å²) in [5.74, 6) is 0. The van der Waals surface area contributed by atoms with Gasteiger partial charge in [-0.3, -0.25) is 0 Å². The van der Waals surface area contributed by atoms with Gasteiger partial charge in [-0.15, -0.1) is 0 Å². The van der Waals surface area contributed by atoms with Crippen molar-refractivity contribution in [2.75, 3.05) is 23.3 Å². The molecule has 0 saturated carbocycles. The Morgan fingerprint density at radius 3 is 2.68 bits per heavy atom. The molecular formula is C14H19F3N2. The predicted molar refractivity (Wildman–Crippen MR) is 71.8 cm³/mol. The van der Waals surface area contributed by atoms with Crippen LogP contribution in [-0.4, -0.2) is 25.3 Å². The Balaban J connectivity index is 2.26. The van der Waals surface area contributed by atoms with E-state index in [-0.39, 0.29) is 6.04 Å². The van der Waals surface area contributed by atoms with Gasteiger partial charge in [-0.05, 0) is 44.4 Å². The van der Waals surface area contributed by atoms with Crippen molar-refractivity contribution in [1.29, 1.82) is 0 Å². The van der Waals surface area contributed by atoms with Crippen molar-refractivity contribution in [2.24, 2.45) is 0 Å². The van der Waals surface area contributed by atoms with E-state index in [1.165, 1.54) is 10.5 Å². The van der Waals surface area contributed by atoms with Gasteiger partial charge in [0.05, 0.1) is 0 Å². The molecule has 1 heterocycles. The first-order valence-corrected chi connectivity index (χ1v) is 6.57. The molecule has 5 heteroatoms. The van der Waals surface area contributed by atoms with Crippen LogP contribution in [0.25, 0.3) is 0 Å². The van der Waals surface area contributed by atoms with Crippen molar-refractivity contribution in [1.82, 2.24) is 0 Å². The average molecular weight is 272 g/mol. The molecule has 1 aliphatic heterocycles. The Morgan fingerprint density at radius 2 is 2.05 bits per heavy atom. The third-order valence-electron chi connectivity index (χ3n) is 3.34. The third kappa shape index (κ3) is 3.55. The van der Waals surface area contributed by atoms with Crippen LogP contribution in [0, 0.1) is 0 Å². The van der Waals surface area contributed by atoms with Crippen LogP contribution in [0.15, 0.2) is 18.2 Å². The molecule has 106 valence electrons. The average Bonchev–Trinajstić information content (AvgIpc) is 2.34. The summed E-state index contributed by atoms with van der Waals surface area (Å²) in [5.41, 5.74) is 2.78. The standard InChI is InChI=1S/C14H19F3N2/c1-10(2)19(9-14(15,16)17)12-6-5-11-4-3-7-18-13(11)8-12/h5-6,8,10,18H,3-4,7,9H2,1-2H3. The van der Waals surface area contributed by atoms with Gasteiger partial charge in [-0.1, -0.05) is 6.07 Å². The van der Waals surface area contributed by atoms with Crippen LogP contribution in [0.3, 0.4) is 0 Å². The molecule has 1 aromatic rings. The molecule has 0 aliphatic carbocycles. The lowest BCUT2D eigenvalue weighted by Gasteiger charge is -2.31. The molecule has 0 unspecified atom stereocenters. The second kappa shape index (κ2) is 5.31. The maximum Gasteiger partial charge on any atom is 0.405 e. The molecule has 1 aromatic carbocycles. The first-order chi connectivity index (χ1) is 8.87. The van der Waals surface area contributed by atoms with E-state index in [0.717, 1.165) is 25.1 Å². The summed E-state index contributed by atoms with van der Waals surface area (Å²) >= 11 is 0. The predicted octanol–water partition coefficient (Wildman–Crippen LogP) is 3.82. The Morgan fingerprint density at radius 1 is 1.32 bits per heavy atom. The first kappa shape index (κ1) is 14.0. The minimum Gasteiger partial charge on any atom is -0.385 e. The molecule has 0 saturated heterocycles. The van der Waals surface area contributed by atoms with Crippen molar-refractivity contribution < 1.29 is 13.2 Å². The molecule has 0 atom stereocenters. The van der Waals surface area contributed by atoms with Crippen molar-refractivity contribution in [3.05, 3.63) is 23.8 Å². The molecule has 0 aromatic heterocycles. The van der Waals surface area contributed by atoms with Crippen molar-refractivity contribution in [3.63, 3.8) is 0 Å². The van der Waals surface area contributed by atoms with Crippen LogP contribution in [0.5, 0.6) is 0 Å². The largest absolute Gasteiger partial charge is 0.405 e. The van der Waals surface area contributed by atoms with Gasteiger partial charge in [-0.25, -0.2) is 0 Å². The molecule has 0 bridgehead atoms. The van der Waals surface area contributed by atoms with E-state index < -0.39 is 12.7 Å². The Hall–Kier alpha value is -1.39. The van der Waals surface area contributed by atoms with Crippen molar-refractivity contribution in [3.8, 4) is 0 Å². The van der Waals surface area contributed by atoms with Gasteiger partial charge in [-0.2, -0.15) is 13.2 Å². The second-order valence-corrected chi connectivity index (χ2v) is 5.21. The van der Waals surface area contributed by atoms with Crippen LogP contribution in [0.4, 0.5) is 24.5 Å². The van der Waals surface area contributed by atoms with Gasteiger partial charge in [0.1, 0.15) is 6.54 Å². The topological polar surface area (TPSA) is 15.3 Å². The number of hydrogen-bond donors (Lipinski definition) is 1. The van der Waals surface area contributed by atoms with Crippen LogP contribution in [-0.2, 0) is 6.42 Å². The minimum atomic E-state index is -4.19. The molecule has 1 N–H and O–H groups in total. The van der Waals surface area contributed by atoms with Crippen LogP contribution < -0.4 is 10.2 Å². The van der Waals surface area contributed by atoms with Crippen LogP contribution in [0.2, 0.25) is 0 Å². The Bertz CT molecular complexity index is 441. The fourth-order valence-corrected chi connectivity index (χ4v) is 2.39. The molecule has 19 heavy (non-hydrogen) atoms. The highest BCUT2D eigenvalue weighted by Crippen LogP contribution is 2.30. The fourth-order valence-electron chi connectivity index (χ4n) is 2.39. The monoisotopic (exact) mass is 272 g/mol. The number of hydrogen-bond acceptors (Lipinski definition) is 2. The summed E-state index contributed by atoms with van der Waals surface area (Å²) in [6, 6.07) is 5.36. The number of fused-ring (bicyclic) bond motifs is 1. The van der Waals surface area contributed by atoms with E-state index in [0.29, 0.717) is 5.69 Å². The fraction of sp³-hybridized carbons (Fsp3) is 0.571. The van der Waals surface area contributed by atoms with Gasteiger partial charge >= 0.3 is 6.18 Å². The number of anilines is 2. The number of halogens is 3. The van der Waals surface area contributed by atoms with Crippen molar-refractivity contribution >= 4 is 11.4 Å². The SMILES string of the molecule is CC(C)N(CC(F)(F)F)c1ccc2c(c1)NCCC2. The minimum absolute atomic E-state index is 0.191. The van der Waals surface area contributed by atoms with E-state index in [4.69, 9.17) is 0 Å². The molecular weight excluding hydrogens is 253 g/mol. The summed E-state index contributed by atoms with van der Waals surface area (Å²) in [5, 5.41) is 3.25. The van der Waals surface area contributed by atoms with Gasteiger partial charge in [0, 0.05) is 24.0 Å². The zero-order valence-electron chi connectivity index (χ0n) is 11.2. The number of benzene rings is 1. The molecule has 0 spiro atoms. The first-order valence-electron chi connectivity index (χ1n) is 6.57. The molecule has 2 rings (SSSR count).